The van der Waals surface area contributed by atoms with Gasteiger partial charge in [0, 0.05) is 26.3 Å². The van der Waals surface area contributed by atoms with Crippen molar-refractivity contribution in [2.45, 2.75) is 13.5 Å². The highest BCUT2D eigenvalue weighted by atomic mass is 35.5. The standard InChI is InChI=1S/C24H19Cl3N2O3S/c1-2-32-23(31)16-6-11-20(12-7-16)29(14-17-5-10-19(26)13-21(17)27)24(33)28-22(30)15-3-8-18(25)9-4-15/h3-13H,2,14H2,1H3,(H,28,30,33). The number of carbonyl (C=O) groups is 2. The Labute approximate surface area is 212 Å². The van der Waals surface area contributed by atoms with Crippen LogP contribution in [0.5, 0.6) is 0 Å². The Hall–Kier alpha value is -2.64. The molecule has 0 atom stereocenters. The summed E-state index contributed by atoms with van der Waals surface area (Å²) >= 11 is 23.9. The highest BCUT2D eigenvalue weighted by molar-refractivity contribution is 7.80. The van der Waals surface area contributed by atoms with Crippen molar-refractivity contribution in [1.29, 1.82) is 0 Å². The van der Waals surface area contributed by atoms with E-state index in [2.05, 4.69) is 5.32 Å². The summed E-state index contributed by atoms with van der Waals surface area (Å²) < 4.78 is 5.03. The molecule has 3 aromatic rings. The van der Waals surface area contributed by atoms with Gasteiger partial charge in [0.25, 0.3) is 5.91 Å². The molecule has 9 heteroatoms. The van der Waals surface area contributed by atoms with Crippen molar-refractivity contribution in [1.82, 2.24) is 5.32 Å². The Morgan fingerprint density at radius 1 is 0.909 bits per heavy atom. The molecular formula is C24H19Cl3N2O3S. The minimum absolute atomic E-state index is 0.157. The second kappa shape index (κ2) is 11.5. The lowest BCUT2D eigenvalue weighted by atomic mass is 10.1. The van der Waals surface area contributed by atoms with Gasteiger partial charge in [-0.05, 0) is 85.4 Å². The molecule has 0 unspecified atom stereocenters. The van der Waals surface area contributed by atoms with Crippen molar-refractivity contribution in [2.75, 3.05) is 11.5 Å². The number of carbonyl (C=O) groups excluding carboxylic acids is 2. The van der Waals surface area contributed by atoms with Crippen molar-refractivity contribution in [2.24, 2.45) is 0 Å². The molecule has 0 aromatic heterocycles. The molecule has 0 aliphatic rings. The quantitative estimate of drug-likeness (QED) is 0.295. The third kappa shape index (κ3) is 6.68. The zero-order valence-corrected chi connectivity index (χ0v) is 20.6. The lowest BCUT2D eigenvalue weighted by molar-refractivity contribution is 0.0526. The summed E-state index contributed by atoms with van der Waals surface area (Å²) in [5.74, 6) is -0.804. The van der Waals surface area contributed by atoms with Gasteiger partial charge in [-0.3, -0.25) is 10.1 Å². The van der Waals surface area contributed by atoms with Gasteiger partial charge in [-0.25, -0.2) is 4.79 Å². The largest absolute Gasteiger partial charge is 0.462 e. The molecular weight excluding hydrogens is 503 g/mol. The summed E-state index contributed by atoms with van der Waals surface area (Å²) in [6.45, 7) is 2.28. The third-order valence-corrected chi connectivity index (χ3v) is 5.77. The van der Waals surface area contributed by atoms with Crippen molar-refractivity contribution >= 4 is 69.7 Å². The molecule has 3 rings (SSSR count). The third-order valence-electron chi connectivity index (χ3n) is 4.61. The number of amides is 1. The van der Waals surface area contributed by atoms with Crippen LogP contribution in [0.2, 0.25) is 15.1 Å². The summed E-state index contributed by atoms with van der Waals surface area (Å²) in [6, 6.07) is 18.3. The van der Waals surface area contributed by atoms with Crippen molar-refractivity contribution in [3.8, 4) is 0 Å². The number of ether oxygens (including phenoxy) is 1. The van der Waals surface area contributed by atoms with Crippen molar-refractivity contribution in [3.63, 3.8) is 0 Å². The lowest BCUT2D eigenvalue weighted by Crippen LogP contribution is -2.42. The highest BCUT2D eigenvalue weighted by Crippen LogP contribution is 2.25. The topological polar surface area (TPSA) is 58.6 Å². The summed E-state index contributed by atoms with van der Waals surface area (Å²) in [5.41, 5.74) is 2.21. The Morgan fingerprint density at radius 3 is 2.12 bits per heavy atom. The van der Waals surface area contributed by atoms with Gasteiger partial charge in [-0.1, -0.05) is 40.9 Å². The molecule has 3 aromatic carbocycles. The van der Waals surface area contributed by atoms with E-state index in [0.29, 0.717) is 31.9 Å². The molecule has 1 amide bonds. The van der Waals surface area contributed by atoms with E-state index in [-0.39, 0.29) is 24.2 Å². The molecule has 0 heterocycles. The number of esters is 1. The Balaban J connectivity index is 1.88. The van der Waals surface area contributed by atoms with Gasteiger partial charge in [0.2, 0.25) is 0 Å². The predicted octanol–water partition coefficient (Wildman–Crippen LogP) is 6.55. The average molecular weight is 522 g/mol. The molecule has 0 bridgehead atoms. The fourth-order valence-electron chi connectivity index (χ4n) is 2.93. The second-order valence-electron chi connectivity index (χ2n) is 6.86. The SMILES string of the molecule is CCOC(=O)c1ccc(N(Cc2ccc(Cl)cc2Cl)C(=S)NC(=O)c2ccc(Cl)cc2)cc1. The van der Waals surface area contributed by atoms with Gasteiger partial charge >= 0.3 is 5.97 Å². The average Bonchev–Trinajstić information content (AvgIpc) is 2.79. The summed E-state index contributed by atoms with van der Waals surface area (Å²) in [6.07, 6.45) is 0. The molecule has 0 aliphatic carbocycles. The van der Waals surface area contributed by atoms with E-state index >= 15 is 0 Å². The van der Waals surface area contributed by atoms with Crippen LogP contribution in [-0.4, -0.2) is 23.6 Å². The maximum Gasteiger partial charge on any atom is 0.338 e. The Kier molecular flexibility index (Phi) is 8.69. The molecule has 0 saturated heterocycles. The molecule has 1 N–H and O–H groups in total. The van der Waals surface area contributed by atoms with E-state index in [9.17, 15) is 9.59 Å². The van der Waals surface area contributed by atoms with Gasteiger partial charge in [0.05, 0.1) is 18.7 Å². The Morgan fingerprint density at radius 2 is 1.52 bits per heavy atom. The maximum atomic E-state index is 12.7. The van der Waals surface area contributed by atoms with Crippen molar-refractivity contribution < 1.29 is 14.3 Å². The van der Waals surface area contributed by atoms with Gasteiger partial charge in [0.1, 0.15) is 0 Å². The van der Waals surface area contributed by atoms with Crippen LogP contribution < -0.4 is 10.2 Å². The maximum absolute atomic E-state index is 12.7. The zero-order chi connectivity index (χ0) is 24.0. The minimum Gasteiger partial charge on any atom is -0.462 e. The second-order valence-corrected chi connectivity index (χ2v) is 8.52. The molecule has 0 saturated carbocycles. The summed E-state index contributed by atoms with van der Waals surface area (Å²) in [7, 11) is 0. The smallest absolute Gasteiger partial charge is 0.338 e. The summed E-state index contributed by atoms with van der Waals surface area (Å²) in [5, 5.41) is 4.39. The number of nitrogens with zero attached hydrogens (tertiary/aromatic N) is 1. The van der Waals surface area contributed by atoms with Crippen LogP contribution >= 0.6 is 47.0 Å². The highest BCUT2D eigenvalue weighted by Gasteiger charge is 2.18. The number of thiocarbonyl (C=S) groups is 1. The first-order valence-corrected chi connectivity index (χ1v) is 11.4. The van der Waals surface area contributed by atoms with Gasteiger partial charge < -0.3 is 9.64 Å². The van der Waals surface area contributed by atoms with E-state index in [1.807, 2.05) is 0 Å². The zero-order valence-electron chi connectivity index (χ0n) is 17.5. The van der Waals surface area contributed by atoms with E-state index in [0.717, 1.165) is 5.56 Å². The van der Waals surface area contributed by atoms with Gasteiger partial charge in [-0.15, -0.1) is 0 Å². The number of rotatable bonds is 6. The predicted molar refractivity (Wildman–Crippen MR) is 137 cm³/mol. The van der Waals surface area contributed by atoms with Gasteiger partial charge in [0.15, 0.2) is 5.11 Å². The van der Waals surface area contributed by atoms with Crippen LogP contribution in [0, 0.1) is 0 Å². The molecule has 0 fully saturated rings. The fraction of sp³-hybridized carbons (Fsp3) is 0.125. The van der Waals surface area contributed by atoms with Crippen LogP contribution in [-0.2, 0) is 11.3 Å². The molecule has 0 spiro atoms. The minimum atomic E-state index is -0.421. The lowest BCUT2D eigenvalue weighted by Gasteiger charge is -2.26. The first-order valence-electron chi connectivity index (χ1n) is 9.88. The van der Waals surface area contributed by atoms with Crippen LogP contribution in [0.4, 0.5) is 5.69 Å². The van der Waals surface area contributed by atoms with Crippen LogP contribution in [0.25, 0.3) is 0 Å². The number of halogens is 3. The van der Waals surface area contributed by atoms with E-state index < -0.39 is 5.97 Å². The van der Waals surface area contributed by atoms with Crippen molar-refractivity contribution in [3.05, 3.63) is 98.5 Å². The van der Waals surface area contributed by atoms with E-state index in [1.165, 1.54) is 0 Å². The molecule has 0 aliphatic heterocycles. The molecule has 170 valence electrons. The number of hydrogen-bond acceptors (Lipinski definition) is 4. The molecule has 33 heavy (non-hydrogen) atoms. The molecule has 5 nitrogen and oxygen atoms in total. The number of hydrogen-bond donors (Lipinski definition) is 1. The normalized spacial score (nSPS) is 10.4. The van der Waals surface area contributed by atoms with Crippen LogP contribution in [0.15, 0.2) is 66.7 Å². The summed E-state index contributed by atoms with van der Waals surface area (Å²) in [4.78, 5) is 26.4. The van der Waals surface area contributed by atoms with Crippen LogP contribution in [0.1, 0.15) is 33.2 Å². The van der Waals surface area contributed by atoms with E-state index in [4.69, 9.17) is 51.8 Å². The number of benzene rings is 3. The van der Waals surface area contributed by atoms with E-state index in [1.54, 1.807) is 78.6 Å². The number of anilines is 1. The molecule has 0 radical (unpaired) electrons. The van der Waals surface area contributed by atoms with Crippen LogP contribution in [0.3, 0.4) is 0 Å². The first-order chi connectivity index (χ1) is 15.8. The fourth-order valence-corrected chi connectivity index (χ4v) is 3.79. The first kappa shape index (κ1) is 25.0. The number of nitrogens with one attached hydrogen (secondary N) is 1. The van der Waals surface area contributed by atoms with Gasteiger partial charge in [-0.2, -0.15) is 0 Å². The Bertz CT molecular complexity index is 1170. The monoisotopic (exact) mass is 520 g/mol.